The van der Waals surface area contributed by atoms with E-state index in [9.17, 15) is 4.79 Å². The minimum atomic E-state index is -0.0702. The molecule has 0 aromatic heterocycles. The number of nitrogens with one attached hydrogen (secondary N) is 1. The van der Waals surface area contributed by atoms with Crippen LogP contribution in [0.15, 0.2) is 52.4 Å². The molecule has 0 aliphatic carbocycles. The topological polar surface area (TPSA) is 83.1 Å². The highest BCUT2D eigenvalue weighted by molar-refractivity contribution is 6.03. The van der Waals surface area contributed by atoms with Crippen LogP contribution in [0.3, 0.4) is 0 Å². The zero-order valence-electron chi connectivity index (χ0n) is 15.5. The second-order valence-corrected chi connectivity index (χ2v) is 6.99. The number of urea groups is 1. The van der Waals surface area contributed by atoms with Crippen molar-refractivity contribution in [2.45, 2.75) is 31.8 Å². The molecule has 2 bridgehead atoms. The largest absolute Gasteiger partial charge is 0.383 e. The Kier molecular flexibility index (Phi) is 4.39. The average molecular weight is 361 g/mol. The highest BCUT2D eigenvalue weighted by atomic mass is 16.2. The van der Waals surface area contributed by atoms with Gasteiger partial charge in [0.15, 0.2) is 0 Å². The number of benzene rings is 2. The summed E-state index contributed by atoms with van der Waals surface area (Å²) in [7, 11) is 1.64. The van der Waals surface area contributed by atoms with Crippen molar-refractivity contribution in [1.82, 2.24) is 4.90 Å². The summed E-state index contributed by atoms with van der Waals surface area (Å²) in [5.41, 5.74) is 11.1. The quantitative estimate of drug-likeness (QED) is 0.644. The minimum absolute atomic E-state index is 0.0702. The Labute approximate surface area is 158 Å². The molecule has 138 valence electrons. The molecule has 0 saturated carbocycles. The number of rotatable bonds is 3. The van der Waals surface area contributed by atoms with E-state index in [0.717, 1.165) is 24.0 Å². The highest BCUT2D eigenvalue weighted by Gasteiger charge is 2.46. The van der Waals surface area contributed by atoms with Crippen molar-refractivity contribution in [3.8, 4) is 0 Å². The number of nitrogens with zero attached hydrogens (tertiary/aromatic N) is 3. The fraction of sp³-hybridized carbons (Fsp3) is 0.286. The SMILES string of the molecule is CN=CN=C(N)c1cc(NC(=O)N2C3CCC2c2ccccc23)ccc1C. The molecule has 6 nitrogen and oxygen atoms in total. The summed E-state index contributed by atoms with van der Waals surface area (Å²) in [4.78, 5) is 22.9. The first-order valence-electron chi connectivity index (χ1n) is 9.13. The van der Waals surface area contributed by atoms with Gasteiger partial charge in [-0.3, -0.25) is 4.99 Å². The number of carbonyl (C=O) groups is 1. The van der Waals surface area contributed by atoms with Crippen molar-refractivity contribution in [3.63, 3.8) is 0 Å². The normalized spacial score (nSPS) is 21.0. The molecule has 3 N–H and O–H groups in total. The molecule has 2 amide bonds. The molecule has 6 heteroatoms. The summed E-state index contributed by atoms with van der Waals surface area (Å²) in [5, 5.41) is 3.04. The first kappa shape index (κ1) is 17.3. The van der Waals surface area contributed by atoms with Crippen LogP contribution in [0, 0.1) is 6.92 Å². The maximum Gasteiger partial charge on any atom is 0.322 e. The zero-order chi connectivity index (χ0) is 19.0. The lowest BCUT2D eigenvalue weighted by Gasteiger charge is -2.23. The molecule has 2 aliphatic heterocycles. The van der Waals surface area contributed by atoms with Crippen LogP contribution in [-0.2, 0) is 0 Å². The third-order valence-corrected chi connectivity index (χ3v) is 5.41. The number of hydrogen-bond acceptors (Lipinski definition) is 2. The van der Waals surface area contributed by atoms with Gasteiger partial charge in [-0.2, -0.15) is 0 Å². The fourth-order valence-corrected chi connectivity index (χ4v) is 4.18. The predicted molar refractivity (Wildman–Crippen MR) is 108 cm³/mol. The molecule has 1 fully saturated rings. The molecule has 2 unspecified atom stereocenters. The molecule has 4 rings (SSSR count). The summed E-state index contributed by atoms with van der Waals surface area (Å²) in [6.45, 7) is 1.96. The van der Waals surface area contributed by atoms with Crippen molar-refractivity contribution < 1.29 is 4.79 Å². The van der Waals surface area contributed by atoms with Gasteiger partial charge in [-0.25, -0.2) is 9.79 Å². The summed E-state index contributed by atoms with van der Waals surface area (Å²) < 4.78 is 0. The van der Waals surface area contributed by atoms with Gasteiger partial charge in [-0.1, -0.05) is 30.3 Å². The number of hydrogen-bond donors (Lipinski definition) is 2. The van der Waals surface area contributed by atoms with Crippen LogP contribution in [0.1, 0.15) is 47.2 Å². The van der Waals surface area contributed by atoms with E-state index < -0.39 is 0 Å². The van der Waals surface area contributed by atoms with Gasteiger partial charge >= 0.3 is 6.03 Å². The lowest BCUT2D eigenvalue weighted by Crippen LogP contribution is -2.32. The molecule has 0 radical (unpaired) electrons. The van der Waals surface area contributed by atoms with E-state index >= 15 is 0 Å². The maximum atomic E-state index is 13.0. The minimum Gasteiger partial charge on any atom is -0.383 e. The Morgan fingerprint density at radius 3 is 2.48 bits per heavy atom. The van der Waals surface area contributed by atoms with Crippen molar-refractivity contribution in [2.24, 2.45) is 15.7 Å². The molecule has 2 aromatic carbocycles. The molecule has 2 atom stereocenters. The molecule has 2 heterocycles. The predicted octanol–water partition coefficient (Wildman–Crippen LogP) is 3.78. The Balaban J connectivity index is 1.56. The van der Waals surface area contributed by atoms with Gasteiger partial charge in [-0.15, -0.1) is 0 Å². The van der Waals surface area contributed by atoms with E-state index in [4.69, 9.17) is 5.73 Å². The molecule has 0 spiro atoms. The van der Waals surface area contributed by atoms with Crippen LogP contribution in [0.5, 0.6) is 0 Å². The Morgan fingerprint density at radius 2 is 1.85 bits per heavy atom. The van der Waals surface area contributed by atoms with E-state index in [-0.39, 0.29) is 18.1 Å². The summed E-state index contributed by atoms with van der Waals surface area (Å²) in [5.74, 6) is 0.378. The number of anilines is 1. The number of fused-ring (bicyclic) bond motifs is 5. The number of amides is 2. The first-order chi connectivity index (χ1) is 13.1. The Morgan fingerprint density at radius 1 is 1.19 bits per heavy atom. The highest BCUT2D eigenvalue weighted by Crippen LogP contribution is 2.52. The third kappa shape index (κ3) is 2.97. The van der Waals surface area contributed by atoms with Crippen molar-refractivity contribution in [3.05, 3.63) is 64.7 Å². The van der Waals surface area contributed by atoms with Crippen molar-refractivity contribution in [2.75, 3.05) is 12.4 Å². The molecule has 2 aliphatic rings. The molecular formula is C21H23N5O. The molecule has 2 aromatic rings. The van der Waals surface area contributed by atoms with Gasteiger partial charge in [0.25, 0.3) is 0 Å². The number of aliphatic imine (C=N–C) groups is 2. The van der Waals surface area contributed by atoms with Crippen molar-refractivity contribution in [1.29, 1.82) is 0 Å². The van der Waals surface area contributed by atoms with E-state index in [1.165, 1.54) is 17.5 Å². The van der Waals surface area contributed by atoms with E-state index in [1.807, 2.05) is 42.2 Å². The summed E-state index contributed by atoms with van der Waals surface area (Å²) in [6, 6.07) is 14.3. The van der Waals surface area contributed by atoms with Crippen LogP contribution in [0.2, 0.25) is 0 Å². The molecule has 1 saturated heterocycles. The van der Waals surface area contributed by atoms with Gasteiger partial charge in [0, 0.05) is 18.3 Å². The first-order valence-corrected chi connectivity index (χ1v) is 9.13. The van der Waals surface area contributed by atoms with E-state index in [1.54, 1.807) is 7.05 Å². The number of aryl methyl sites for hydroxylation is 1. The van der Waals surface area contributed by atoms with Gasteiger partial charge in [0.05, 0.1) is 12.1 Å². The lowest BCUT2D eigenvalue weighted by molar-refractivity contribution is 0.197. The maximum absolute atomic E-state index is 13.0. The summed E-state index contributed by atoms with van der Waals surface area (Å²) >= 11 is 0. The number of amidine groups is 1. The van der Waals surface area contributed by atoms with Crippen LogP contribution in [0.4, 0.5) is 10.5 Å². The number of nitrogens with two attached hydrogens (primary N) is 1. The van der Waals surface area contributed by atoms with Gasteiger partial charge < -0.3 is 16.0 Å². The second kappa shape index (κ2) is 6.87. The fourth-order valence-electron chi connectivity index (χ4n) is 4.18. The van der Waals surface area contributed by atoms with E-state index in [0.29, 0.717) is 11.5 Å². The van der Waals surface area contributed by atoms with E-state index in [2.05, 4.69) is 27.4 Å². The van der Waals surface area contributed by atoms with Gasteiger partial charge in [0.1, 0.15) is 12.2 Å². The van der Waals surface area contributed by atoms with Gasteiger partial charge in [0.2, 0.25) is 0 Å². The van der Waals surface area contributed by atoms with Crippen LogP contribution in [0.25, 0.3) is 0 Å². The average Bonchev–Trinajstić information content (AvgIpc) is 3.25. The van der Waals surface area contributed by atoms with Crippen LogP contribution in [-0.4, -0.2) is 30.2 Å². The van der Waals surface area contributed by atoms with Gasteiger partial charge in [-0.05, 0) is 48.6 Å². The molecule has 27 heavy (non-hydrogen) atoms. The monoisotopic (exact) mass is 361 g/mol. The molecular weight excluding hydrogens is 338 g/mol. The lowest BCUT2D eigenvalue weighted by atomic mass is 9.92. The van der Waals surface area contributed by atoms with Crippen LogP contribution >= 0.6 is 0 Å². The Hall–Kier alpha value is -3.15. The zero-order valence-corrected chi connectivity index (χ0v) is 15.5. The van der Waals surface area contributed by atoms with Crippen LogP contribution < -0.4 is 11.1 Å². The smallest absolute Gasteiger partial charge is 0.322 e. The third-order valence-electron chi connectivity index (χ3n) is 5.41. The standard InChI is InChI=1S/C21H23N5O/c1-13-7-8-14(11-17(13)20(22)24-12-23-2)25-21(27)26-18-9-10-19(26)16-6-4-3-5-15(16)18/h3-8,11-12,18-19H,9-10H2,1-2H3,(H,25,27)(H2,22,23,24). The number of carbonyl (C=O) groups excluding carboxylic acids is 1. The Bertz CT molecular complexity index is 918. The van der Waals surface area contributed by atoms with Crippen molar-refractivity contribution >= 4 is 23.9 Å². The summed E-state index contributed by atoms with van der Waals surface area (Å²) in [6.07, 6.45) is 3.45. The second-order valence-electron chi connectivity index (χ2n) is 6.99.